The van der Waals surface area contributed by atoms with Gasteiger partial charge in [-0.1, -0.05) is 87.8 Å². The molecule has 0 radical (unpaired) electrons. The van der Waals surface area contributed by atoms with E-state index < -0.39 is 0 Å². The molecule has 2 aliphatic rings. The Hall–Kier alpha value is -1.96. The van der Waals surface area contributed by atoms with Gasteiger partial charge in [0.2, 0.25) is 0 Å². The minimum Gasteiger partial charge on any atom is -0.507 e. The zero-order valence-corrected chi connectivity index (χ0v) is 19.9. The third kappa shape index (κ3) is 4.49. The van der Waals surface area contributed by atoms with Crippen LogP contribution in [-0.4, -0.2) is 10.2 Å². The normalized spacial score (nSPS) is 23.6. The predicted octanol–water partition coefficient (Wildman–Crippen LogP) is 7.82. The largest absolute Gasteiger partial charge is 0.507 e. The Morgan fingerprint density at radius 2 is 1.42 bits per heavy atom. The second-order valence-corrected chi connectivity index (χ2v) is 10.8. The van der Waals surface area contributed by atoms with E-state index in [0.717, 1.165) is 41.5 Å². The molecule has 0 aromatic heterocycles. The topological polar surface area (TPSA) is 40.5 Å². The zero-order valence-electron chi connectivity index (χ0n) is 19.9. The maximum Gasteiger partial charge on any atom is 0.122 e. The van der Waals surface area contributed by atoms with Crippen LogP contribution < -0.4 is 0 Å². The van der Waals surface area contributed by atoms with Crippen molar-refractivity contribution in [3.8, 4) is 11.5 Å². The van der Waals surface area contributed by atoms with Gasteiger partial charge >= 0.3 is 0 Å². The molecule has 0 spiro atoms. The van der Waals surface area contributed by atoms with Crippen molar-refractivity contribution < 1.29 is 10.2 Å². The quantitative estimate of drug-likeness (QED) is 0.529. The SMILES string of the molecule is Cc1cc(Cc2cc(C)cc(C3(C)CCCCC3)c2O)c(O)c(C2CCCCC2C)c1. The summed E-state index contributed by atoms with van der Waals surface area (Å²) in [5.74, 6) is 1.95. The van der Waals surface area contributed by atoms with Crippen molar-refractivity contribution >= 4 is 0 Å². The summed E-state index contributed by atoms with van der Waals surface area (Å²) in [5, 5.41) is 22.6. The number of benzene rings is 2. The van der Waals surface area contributed by atoms with Gasteiger partial charge in [-0.15, -0.1) is 0 Å². The van der Waals surface area contributed by atoms with Gasteiger partial charge in [-0.3, -0.25) is 0 Å². The van der Waals surface area contributed by atoms with Crippen LogP contribution in [0.15, 0.2) is 24.3 Å². The summed E-state index contributed by atoms with van der Waals surface area (Å²) >= 11 is 0. The second-order valence-electron chi connectivity index (χ2n) is 10.8. The van der Waals surface area contributed by atoms with Crippen molar-refractivity contribution in [3.63, 3.8) is 0 Å². The van der Waals surface area contributed by atoms with Gasteiger partial charge in [0.05, 0.1) is 0 Å². The molecule has 4 rings (SSSR count). The molecular formula is C29H40O2. The summed E-state index contributed by atoms with van der Waals surface area (Å²) in [7, 11) is 0. The lowest BCUT2D eigenvalue weighted by molar-refractivity contribution is 0.307. The van der Waals surface area contributed by atoms with E-state index in [1.54, 1.807) is 0 Å². The second kappa shape index (κ2) is 8.88. The van der Waals surface area contributed by atoms with Gasteiger partial charge in [-0.05, 0) is 67.1 Å². The molecule has 2 aliphatic carbocycles. The van der Waals surface area contributed by atoms with Crippen molar-refractivity contribution in [2.75, 3.05) is 0 Å². The van der Waals surface area contributed by atoms with Crippen molar-refractivity contribution in [2.24, 2.45) is 5.92 Å². The number of phenols is 2. The summed E-state index contributed by atoms with van der Waals surface area (Å²) in [5.41, 5.74) is 6.58. The Balaban J connectivity index is 1.71. The average molecular weight is 421 g/mol. The Morgan fingerprint density at radius 1 is 0.806 bits per heavy atom. The van der Waals surface area contributed by atoms with Gasteiger partial charge in [-0.2, -0.15) is 0 Å². The Morgan fingerprint density at radius 3 is 2.10 bits per heavy atom. The van der Waals surface area contributed by atoms with Gasteiger partial charge < -0.3 is 10.2 Å². The highest BCUT2D eigenvalue weighted by Gasteiger charge is 2.32. The molecule has 31 heavy (non-hydrogen) atoms. The van der Waals surface area contributed by atoms with Crippen LogP contribution >= 0.6 is 0 Å². The van der Waals surface area contributed by atoms with E-state index in [2.05, 4.69) is 52.0 Å². The summed E-state index contributed by atoms with van der Waals surface area (Å²) in [4.78, 5) is 0. The molecule has 2 N–H and O–H groups in total. The fourth-order valence-electron chi connectivity index (χ4n) is 6.33. The maximum absolute atomic E-state index is 11.3. The van der Waals surface area contributed by atoms with Crippen molar-refractivity contribution in [3.05, 3.63) is 57.6 Å². The predicted molar refractivity (Wildman–Crippen MR) is 129 cm³/mol. The highest BCUT2D eigenvalue weighted by atomic mass is 16.3. The van der Waals surface area contributed by atoms with E-state index in [0.29, 0.717) is 29.8 Å². The Labute approximate surface area is 188 Å². The number of hydrogen-bond acceptors (Lipinski definition) is 2. The third-order valence-corrected chi connectivity index (χ3v) is 8.20. The first-order valence-corrected chi connectivity index (χ1v) is 12.4. The first-order valence-electron chi connectivity index (χ1n) is 12.4. The van der Waals surface area contributed by atoms with Crippen molar-refractivity contribution in [2.45, 2.75) is 103 Å². The minimum atomic E-state index is 0.0560. The minimum absolute atomic E-state index is 0.0560. The zero-order chi connectivity index (χ0) is 22.2. The fraction of sp³-hybridized carbons (Fsp3) is 0.586. The molecule has 0 amide bonds. The Kier molecular flexibility index (Phi) is 6.37. The van der Waals surface area contributed by atoms with Crippen molar-refractivity contribution in [1.82, 2.24) is 0 Å². The number of phenolic OH excluding ortho intramolecular Hbond substituents is 2. The number of hydrogen-bond donors (Lipinski definition) is 2. The average Bonchev–Trinajstić information content (AvgIpc) is 2.74. The van der Waals surface area contributed by atoms with E-state index in [-0.39, 0.29) is 5.41 Å². The molecule has 2 atom stereocenters. The van der Waals surface area contributed by atoms with Crippen LogP contribution in [0.5, 0.6) is 11.5 Å². The van der Waals surface area contributed by atoms with Gasteiger partial charge in [0, 0.05) is 12.0 Å². The molecule has 2 aromatic carbocycles. The van der Waals surface area contributed by atoms with E-state index in [1.807, 2.05) is 0 Å². The Bertz CT molecular complexity index is 936. The summed E-state index contributed by atoms with van der Waals surface area (Å²) in [6.07, 6.45) is 11.6. The first-order chi connectivity index (χ1) is 14.8. The number of rotatable bonds is 4. The van der Waals surface area contributed by atoms with Gasteiger partial charge in [0.1, 0.15) is 11.5 Å². The summed E-state index contributed by atoms with van der Waals surface area (Å²) in [6, 6.07) is 8.59. The summed E-state index contributed by atoms with van der Waals surface area (Å²) in [6.45, 7) is 8.90. The van der Waals surface area contributed by atoms with Crippen LogP contribution in [-0.2, 0) is 11.8 Å². The highest BCUT2D eigenvalue weighted by molar-refractivity contribution is 5.53. The molecule has 2 heteroatoms. The molecule has 2 saturated carbocycles. The summed E-state index contributed by atoms with van der Waals surface area (Å²) < 4.78 is 0. The molecule has 2 unspecified atom stereocenters. The lowest BCUT2D eigenvalue weighted by Crippen LogP contribution is -2.25. The van der Waals surface area contributed by atoms with Gasteiger partial charge in [-0.25, -0.2) is 0 Å². The number of aryl methyl sites for hydroxylation is 2. The standard InChI is InChI=1S/C29H40O2/c1-19-14-22(27(30)25(16-19)24-11-7-6-10-21(24)3)18-23-15-20(2)17-26(28(23)31)29(4)12-8-5-9-13-29/h14-17,21,24,30-31H,5-13,18H2,1-4H3. The van der Waals surface area contributed by atoms with E-state index in [9.17, 15) is 10.2 Å². The van der Waals surface area contributed by atoms with Gasteiger partial charge in [0.15, 0.2) is 0 Å². The third-order valence-electron chi connectivity index (χ3n) is 8.20. The molecule has 2 aromatic rings. The molecule has 168 valence electrons. The van der Waals surface area contributed by atoms with E-state index >= 15 is 0 Å². The molecule has 2 nitrogen and oxygen atoms in total. The smallest absolute Gasteiger partial charge is 0.122 e. The van der Waals surface area contributed by atoms with Crippen LogP contribution in [0, 0.1) is 19.8 Å². The molecular weight excluding hydrogens is 380 g/mol. The van der Waals surface area contributed by atoms with Crippen LogP contribution in [0.3, 0.4) is 0 Å². The molecule has 0 aliphatic heterocycles. The number of aromatic hydroxyl groups is 2. The van der Waals surface area contributed by atoms with Crippen LogP contribution in [0.1, 0.15) is 111 Å². The maximum atomic E-state index is 11.3. The first kappa shape index (κ1) is 22.2. The van der Waals surface area contributed by atoms with Crippen LogP contribution in [0.2, 0.25) is 0 Å². The van der Waals surface area contributed by atoms with Crippen molar-refractivity contribution in [1.29, 1.82) is 0 Å². The molecule has 2 fully saturated rings. The lowest BCUT2D eigenvalue weighted by atomic mass is 9.70. The molecule has 0 bridgehead atoms. The van der Waals surface area contributed by atoms with Crippen LogP contribution in [0.25, 0.3) is 0 Å². The monoisotopic (exact) mass is 420 g/mol. The van der Waals surface area contributed by atoms with Crippen LogP contribution in [0.4, 0.5) is 0 Å². The van der Waals surface area contributed by atoms with E-state index in [1.165, 1.54) is 49.7 Å². The fourth-order valence-corrected chi connectivity index (χ4v) is 6.33. The lowest BCUT2D eigenvalue weighted by Gasteiger charge is -2.35. The molecule has 0 heterocycles. The highest BCUT2D eigenvalue weighted by Crippen LogP contribution is 2.46. The van der Waals surface area contributed by atoms with E-state index in [4.69, 9.17) is 0 Å². The van der Waals surface area contributed by atoms with Gasteiger partial charge in [0.25, 0.3) is 0 Å². The molecule has 0 saturated heterocycles.